The van der Waals surface area contributed by atoms with Crippen molar-refractivity contribution in [3.63, 3.8) is 0 Å². The number of fused-ring (bicyclic) bond motifs is 2. The minimum Gasteiger partial charge on any atom is -0.463 e. The molecule has 0 bridgehead atoms. The van der Waals surface area contributed by atoms with Gasteiger partial charge in [0.1, 0.15) is 0 Å². The molecule has 0 fully saturated rings. The van der Waals surface area contributed by atoms with Crippen LogP contribution in [0.2, 0.25) is 0 Å². The molecular formula is C25H21N3O7S2. The molecule has 2 aliphatic rings. The monoisotopic (exact) mass is 539 g/mol. The Kier molecular flexibility index (Phi) is 6.61. The highest BCUT2D eigenvalue weighted by atomic mass is 32.2. The lowest BCUT2D eigenvalue weighted by atomic mass is 9.96. The van der Waals surface area contributed by atoms with Crippen LogP contribution >= 0.6 is 23.1 Å². The summed E-state index contributed by atoms with van der Waals surface area (Å²) >= 11 is 2.67. The van der Waals surface area contributed by atoms with Gasteiger partial charge in [0, 0.05) is 4.90 Å². The number of nitro groups is 1. The standard InChI is InChI=1S/C25H21N3O7S2/c1-4-33-24(30)21-13(2)26-25-27(22(21)14-5-7-16(36-3)8-6-14)23(29)20(37-25)10-15-9-18-19(35-12-34-18)11-17(15)28(31)32/h5-11,22H,4,12H2,1-3H3. The van der Waals surface area contributed by atoms with Gasteiger partial charge in [0.15, 0.2) is 16.3 Å². The van der Waals surface area contributed by atoms with Gasteiger partial charge in [-0.25, -0.2) is 9.79 Å². The van der Waals surface area contributed by atoms with Crippen molar-refractivity contribution in [2.45, 2.75) is 24.8 Å². The molecule has 0 saturated heterocycles. The predicted octanol–water partition coefficient (Wildman–Crippen LogP) is 3.16. The van der Waals surface area contributed by atoms with Crippen molar-refractivity contribution >= 4 is 40.8 Å². The topological polar surface area (TPSA) is 122 Å². The molecule has 1 atom stereocenters. The summed E-state index contributed by atoms with van der Waals surface area (Å²) in [6, 6.07) is 9.58. The number of hydrogen-bond donors (Lipinski definition) is 0. The van der Waals surface area contributed by atoms with E-state index in [2.05, 4.69) is 4.99 Å². The van der Waals surface area contributed by atoms with Crippen LogP contribution in [0.25, 0.3) is 6.08 Å². The summed E-state index contributed by atoms with van der Waals surface area (Å²) in [7, 11) is 0. The fourth-order valence-corrected chi connectivity index (χ4v) is 5.70. The van der Waals surface area contributed by atoms with Crippen LogP contribution in [0.3, 0.4) is 0 Å². The highest BCUT2D eigenvalue weighted by Gasteiger charge is 2.33. The van der Waals surface area contributed by atoms with E-state index in [1.165, 1.54) is 22.8 Å². The van der Waals surface area contributed by atoms with Crippen molar-refractivity contribution in [2.24, 2.45) is 4.99 Å². The molecule has 1 aromatic heterocycles. The third-order valence-electron chi connectivity index (χ3n) is 5.95. The van der Waals surface area contributed by atoms with Crippen molar-refractivity contribution < 1.29 is 23.9 Å². The van der Waals surface area contributed by atoms with E-state index in [9.17, 15) is 19.7 Å². The van der Waals surface area contributed by atoms with E-state index in [4.69, 9.17) is 14.2 Å². The Hall–Kier alpha value is -3.90. The Balaban J connectivity index is 1.72. The fourth-order valence-electron chi connectivity index (χ4n) is 4.26. The zero-order valence-electron chi connectivity index (χ0n) is 20.0. The predicted molar refractivity (Wildman–Crippen MR) is 138 cm³/mol. The number of hydrogen-bond acceptors (Lipinski definition) is 10. The third-order valence-corrected chi connectivity index (χ3v) is 7.68. The second-order valence-electron chi connectivity index (χ2n) is 8.10. The zero-order valence-corrected chi connectivity index (χ0v) is 21.7. The molecule has 10 nitrogen and oxygen atoms in total. The molecule has 2 aliphatic heterocycles. The Morgan fingerprint density at radius 3 is 2.65 bits per heavy atom. The number of nitrogens with zero attached hydrogens (tertiary/aromatic N) is 3. The van der Waals surface area contributed by atoms with E-state index in [1.54, 1.807) is 25.6 Å². The van der Waals surface area contributed by atoms with Gasteiger partial charge >= 0.3 is 5.97 Å². The molecule has 190 valence electrons. The maximum absolute atomic E-state index is 13.7. The molecule has 3 aromatic rings. The number of carbonyl (C=O) groups is 1. The maximum atomic E-state index is 13.7. The van der Waals surface area contributed by atoms with Crippen LogP contribution in [-0.2, 0) is 9.53 Å². The second-order valence-corrected chi connectivity index (χ2v) is 9.99. The van der Waals surface area contributed by atoms with Crippen LogP contribution in [0.5, 0.6) is 11.5 Å². The minimum atomic E-state index is -0.764. The van der Waals surface area contributed by atoms with Gasteiger partial charge in [0.25, 0.3) is 11.2 Å². The normalized spacial score (nSPS) is 16.4. The van der Waals surface area contributed by atoms with E-state index in [0.717, 1.165) is 21.8 Å². The smallest absolute Gasteiger partial charge is 0.338 e. The van der Waals surface area contributed by atoms with Crippen LogP contribution in [0.15, 0.2) is 62.4 Å². The summed E-state index contributed by atoms with van der Waals surface area (Å²) < 4.78 is 17.6. The van der Waals surface area contributed by atoms with Crippen LogP contribution in [0.4, 0.5) is 5.69 Å². The molecule has 37 heavy (non-hydrogen) atoms. The Labute approximate surface area is 218 Å². The molecule has 0 saturated carbocycles. The molecule has 5 rings (SSSR count). The highest BCUT2D eigenvalue weighted by Crippen LogP contribution is 2.38. The number of ether oxygens (including phenoxy) is 3. The number of allylic oxidation sites excluding steroid dienone is 1. The number of rotatable bonds is 6. The molecule has 0 spiro atoms. The van der Waals surface area contributed by atoms with Crippen molar-refractivity contribution in [3.05, 3.63) is 88.6 Å². The average molecular weight is 540 g/mol. The summed E-state index contributed by atoms with van der Waals surface area (Å²) in [5.74, 6) is 0.0777. The first-order chi connectivity index (χ1) is 17.8. The van der Waals surface area contributed by atoms with Crippen molar-refractivity contribution in [1.82, 2.24) is 4.57 Å². The van der Waals surface area contributed by atoms with Crippen molar-refractivity contribution in [1.29, 1.82) is 0 Å². The van der Waals surface area contributed by atoms with Crippen LogP contribution in [0.1, 0.15) is 31.0 Å². The number of thiazole rings is 1. The first kappa shape index (κ1) is 24.8. The quantitative estimate of drug-likeness (QED) is 0.203. The van der Waals surface area contributed by atoms with Gasteiger partial charge in [-0.1, -0.05) is 23.5 Å². The third kappa shape index (κ3) is 4.42. The number of benzene rings is 2. The minimum absolute atomic E-state index is 0.0383. The van der Waals surface area contributed by atoms with Crippen LogP contribution in [0, 0.1) is 10.1 Å². The Morgan fingerprint density at radius 1 is 1.30 bits per heavy atom. The van der Waals surface area contributed by atoms with Gasteiger partial charge in [-0.2, -0.15) is 0 Å². The van der Waals surface area contributed by atoms with Gasteiger partial charge in [0.05, 0.1) is 45.0 Å². The van der Waals surface area contributed by atoms with E-state index in [1.807, 2.05) is 30.5 Å². The summed E-state index contributed by atoms with van der Waals surface area (Å²) in [6.07, 6.45) is 3.41. The molecule has 2 aromatic carbocycles. The zero-order chi connectivity index (χ0) is 26.3. The fraction of sp³-hybridized carbons (Fsp3) is 0.240. The van der Waals surface area contributed by atoms with Gasteiger partial charge in [-0.05, 0) is 49.9 Å². The number of thioether (sulfide) groups is 1. The lowest BCUT2D eigenvalue weighted by molar-refractivity contribution is -0.385. The van der Waals surface area contributed by atoms with Gasteiger partial charge in [-0.15, -0.1) is 11.8 Å². The Bertz CT molecular complexity index is 1640. The SMILES string of the molecule is CCOC(=O)C1=C(C)N=c2sc(=Cc3cc4c(cc3[N+](=O)[O-])OCO4)c(=O)n2C1c1ccc(SC)cc1. The molecule has 3 heterocycles. The first-order valence-corrected chi connectivity index (χ1v) is 13.3. The van der Waals surface area contributed by atoms with E-state index in [-0.39, 0.29) is 40.5 Å². The molecule has 1 unspecified atom stereocenters. The summed E-state index contributed by atoms with van der Waals surface area (Å²) in [5.41, 5.74) is 0.983. The number of aromatic nitrogens is 1. The van der Waals surface area contributed by atoms with Gasteiger partial charge in [-0.3, -0.25) is 19.5 Å². The number of nitro benzene ring substituents is 1. The lowest BCUT2D eigenvalue weighted by Crippen LogP contribution is -2.39. The summed E-state index contributed by atoms with van der Waals surface area (Å²) in [4.78, 5) is 43.9. The van der Waals surface area contributed by atoms with E-state index >= 15 is 0 Å². The van der Waals surface area contributed by atoms with E-state index in [0.29, 0.717) is 16.2 Å². The molecule has 0 amide bonds. The molecule has 0 radical (unpaired) electrons. The number of carbonyl (C=O) groups excluding carboxylic acids is 1. The molecule has 0 aliphatic carbocycles. The highest BCUT2D eigenvalue weighted by molar-refractivity contribution is 7.98. The van der Waals surface area contributed by atoms with E-state index < -0.39 is 22.5 Å². The molecular weight excluding hydrogens is 518 g/mol. The largest absolute Gasteiger partial charge is 0.463 e. The van der Waals surface area contributed by atoms with Crippen LogP contribution in [-0.4, -0.2) is 35.1 Å². The van der Waals surface area contributed by atoms with Gasteiger partial charge < -0.3 is 14.2 Å². The average Bonchev–Trinajstić information content (AvgIpc) is 3.46. The maximum Gasteiger partial charge on any atom is 0.338 e. The molecule has 0 N–H and O–H groups in total. The van der Waals surface area contributed by atoms with Gasteiger partial charge in [0.2, 0.25) is 6.79 Å². The first-order valence-electron chi connectivity index (χ1n) is 11.2. The molecule has 12 heteroatoms. The van der Waals surface area contributed by atoms with Crippen LogP contribution < -0.4 is 24.4 Å². The Morgan fingerprint density at radius 2 is 2.00 bits per heavy atom. The second kappa shape index (κ2) is 9.87. The van der Waals surface area contributed by atoms with Crippen molar-refractivity contribution in [3.8, 4) is 11.5 Å². The number of esters is 1. The van der Waals surface area contributed by atoms with Crippen molar-refractivity contribution in [2.75, 3.05) is 19.7 Å². The summed E-state index contributed by atoms with van der Waals surface area (Å²) in [6.45, 7) is 3.55. The summed E-state index contributed by atoms with van der Waals surface area (Å²) in [5, 5.41) is 11.7. The lowest BCUT2D eigenvalue weighted by Gasteiger charge is -2.24.